The van der Waals surface area contributed by atoms with E-state index in [2.05, 4.69) is 9.72 Å². The standard InChI is InChI=1S/C12H13FN2O2.C2H6/c1-7-6-15(8(2)12(16)17-3)11-9(7)4-14-5-10(11)13;1-2/h4-6,8H,1-3H3;1-2H3. The number of carbonyl (C=O) groups is 1. The highest BCUT2D eigenvalue weighted by Crippen LogP contribution is 2.25. The molecule has 5 heteroatoms. The molecule has 1 atom stereocenters. The minimum Gasteiger partial charge on any atom is -0.467 e. The first-order valence-corrected chi connectivity index (χ1v) is 6.24. The number of carbonyl (C=O) groups excluding carboxylic acids is 1. The topological polar surface area (TPSA) is 44.1 Å². The maximum atomic E-state index is 13.8. The van der Waals surface area contributed by atoms with Crippen molar-refractivity contribution in [2.75, 3.05) is 7.11 Å². The molecule has 0 amide bonds. The van der Waals surface area contributed by atoms with Crippen molar-refractivity contribution in [2.24, 2.45) is 0 Å². The van der Waals surface area contributed by atoms with Crippen LogP contribution in [0.4, 0.5) is 4.39 Å². The molecule has 0 aromatic carbocycles. The lowest BCUT2D eigenvalue weighted by Gasteiger charge is -2.12. The van der Waals surface area contributed by atoms with Crippen molar-refractivity contribution in [3.05, 3.63) is 30.0 Å². The lowest BCUT2D eigenvalue weighted by atomic mass is 10.2. The van der Waals surface area contributed by atoms with Gasteiger partial charge < -0.3 is 9.30 Å². The molecular formula is C14H19FN2O2. The second kappa shape index (κ2) is 6.31. The van der Waals surface area contributed by atoms with Gasteiger partial charge in [0.1, 0.15) is 6.04 Å². The Kier molecular flexibility index (Phi) is 5.03. The van der Waals surface area contributed by atoms with Crippen LogP contribution in [0.5, 0.6) is 0 Å². The molecule has 2 heterocycles. The second-order valence-corrected chi connectivity index (χ2v) is 3.94. The molecule has 1 unspecified atom stereocenters. The first-order valence-electron chi connectivity index (χ1n) is 6.24. The van der Waals surface area contributed by atoms with Gasteiger partial charge in [0.15, 0.2) is 5.82 Å². The Morgan fingerprint density at radius 1 is 1.42 bits per heavy atom. The van der Waals surface area contributed by atoms with Crippen molar-refractivity contribution in [2.45, 2.75) is 33.7 Å². The van der Waals surface area contributed by atoms with Gasteiger partial charge in [-0.1, -0.05) is 13.8 Å². The quantitative estimate of drug-likeness (QED) is 0.784. The Balaban J connectivity index is 0.000000861. The fourth-order valence-electron chi connectivity index (χ4n) is 1.91. The lowest BCUT2D eigenvalue weighted by Crippen LogP contribution is -2.17. The largest absolute Gasteiger partial charge is 0.467 e. The summed E-state index contributed by atoms with van der Waals surface area (Å²) in [7, 11) is 1.31. The molecular weight excluding hydrogens is 247 g/mol. The van der Waals surface area contributed by atoms with E-state index in [-0.39, 0.29) is 0 Å². The highest BCUT2D eigenvalue weighted by atomic mass is 19.1. The fraction of sp³-hybridized carbons (Fsp3) is 0.429. The summed E-state index contributed by atoms with van der Waals surface area (Å²) in [6.45, 7) is 7.52. The van der Waals surface area contributed by atoms with Crippen molar-refractivity contribution in [3.8, 4) is 0 Å². The molecule has 2 rings (SSSR count). The van der Waals surface area contributed by atoms with E-state index in [1.165, 1.54) is 7.11 Å². The molecule has 0 saturated carbocycles. The number of hydrogen-bond donors (Lipinski definition) is 0. The monoisotopic (exact) mass is 266 g/mol. The summed E-state index contributed by atoms with van der Waals surface area (Å²) in [5.41, 5.74) is 1.26. The van der Waals surface area contributed by atoms with E-state index in [1.807, 2.05) is 20.8 Å². The highest BCUT2D eigenvalue weighted by molar-refractivity contribution is 5.85. The van der Waals surface area contributed by atoms with E-state index in [4.69, 9.17) is 0 Å². The maximum absolute atomic E-state index is 13.8. The Labute approximate surface area is 112 Å². The Morgan fingerprint density at radius 3 is 2.63 bits per heavy atom. The van der Waals surface area contributed by atoms with E-state index >= 15 is 0 Å². The minimum absolute atomic E-state index is 0.385. The average Bonchev–Trinajstić information content (AvgIpc) is 2.78. The molecule has 0 bridgehead atoms. The predicted octanol–water partition coefficient (Wildman–Crippen LogP) is 3.24. The number of nitrogens with zero attached hydrogens (tertiary/aromatic N) is 2. The van der Waals surface area contributed by atoms with Gasteiger partial charge in [0.2, 0.25) is 0 Å². The Bertz CT molecular complexity index is 578. The first-order chi connectivity index (χ1) is 9.06. The van der Waals surface area contributed by atoms with Crippen molar-refractivity contribution in [1.29, 1.82) is 0 Å². The van der Waals surface area contributed by atoms with Crippen LogP contribution >= 0.6 is 0 Å². The molecule has 0 aliphatic rings. The van der Waals surface area contributed by atoms with Crippen molar-refractivity contribution < 1.29 is 13.9 Å². The van der Waals surface area contributed by atoms with Crippen LogP contribution in [0.25, 0.3) is 10.9 Å². The third-order valence-electron chi connectivity index (χ3n) is 2.85. The first kappa shape index (κ1) is 15.1. The van der Waals surface area contributed by atoms with E-state index in [9.17, 15) is 9.18 Å². The summed E-state index contributed by atoms with van der Waals surface area (Å²) in [5, 5.41) is 0.709. The highest BCUT2D eigenvalue weighted by Gasteiger charge is 2.20. The Hall–Kier alpha value is -1.91. The third kappa shape index (κ3) is 2.75. The van der Waals surface area contributed by atoms with E-state index < -0.39 is 17.8 Å². The molecule has 104 valence electrons. The van der Waals surface area contributed by atoms with Crippen LogP contribution in [0, 0.1) is 12.7 Å². The van der Waals surface area contributed by atoms with Gasteiger partial charge in [-0.2, -0.15) is 0 Å². The fourth-order valence-corrected chi connectivity index (χ4v) is 1.91. The minimum atomic E-state index is -0.562. The molecule has 2 aromatic rings. The molecule has 0 radical (unpaired) electrons. The summed E-state index contributed by atoms with van der Waals surface area (Å²) < 4.78 is 20.0. The molecule has 0 aliphatic heterocycles. The summed E-state index contributed by atoms with van der Waals surface area (Å²) in [6, 6.07) is -0.562. The molecule has 0 N–H and O–H groups in total. The number of aryl methyl sites for hydroxylation is 1. The smallest absolute Gasteiger partial charge is 0.328 e. The number of esters is 1. The zero-order valence-electron chi connectivity index (χ0n) is 11.9. The van der Waals surface area contributed by atoms with Crippen molar-refractivity contribution in [1.82, 2.24) is 9.55 Å². The van der Waals surface area contributed by atoms with E-state index in [0.717, 1.165) is 11.8 Å². The summed E-state index contributed by atoms with van der Waals surface area (Å²) in [6.07, 6.45) is 4.47. The van der Waals surface area contributed by atoms with Gasteiger partial charge >= 0.3 is 5.97 Å². The summed E-state index contributed by atoms with van der Waals surface area (Å²) in [4.78, 5) is 15.3. The van der Waals surface area contributed by atoms with Gasteiger partial charge in [-0.3, -0.25) is 4.98 Å². The van der Waals surface area contributed by atoms with Crippen LogP contribution in [0.1, 0.15) is 32.4 Å². The third-order valence-corrected chi connectivity index (χ3v) is 2.85. The van der Waals surface area contributed by atoms with Crippen molar-refractivity contribution in [3.63, 3.8) is 0 Å². The normalized spacial score (nSPS) is 11.7. The van der Waals surface area contributed by atoms with Crippen LogP contribution in [-0.2, 0) is 9.53 Å². The molecule has 19 heavy (non-hydrogen) atoms. The second-order valence-electron chi connectivity index (χ2n) is 3.94. The maximum Gasteiger partial charge on any atom is 0.328 e. The zero-order valence-corrected chi connectivity index (χ0v) is 11.9. The number of rotatable bonds is 2. The molecule has 0 fully saturated rings. The number of methoxy groups -OCH3 is 1. The number of pyridine rings is 1. The lowest BCUT2D eigenvalue weighted by molar-refractivity contribution is -0.143. The van der Waals surface area contributed by atoms with Crippen LogP contribution in [0.15, 0.2) is 18.6 Å². The zero-order chi connectivity index (χ0) is 14.6. The van der Waals surface area contributed by atoms with Gasteiger partial charge in [-0.05, 0) is 19.4 Å². The predicted molar refractivity (Wildman–Crippen MR) is 72.5 cm³/mol. The van der Waals surface area contributed by atoms with Crippen LogP contribution in [-0.4, -0.2) is 22.6 Å². The summed E-state index contributed by atoms with van der Waals surface area (Å²) in [5.74, 6) is -0.843. The number of aromatic nitrogens is 2. The molecule has 2 aromatic heterocycles. The van der Waals surface area contributed by atoms with Gasteiger partial charge in [0.25, 0.3) is 0 Å². The number of hydrogen-bond acceptors (Lipinski definition) is 3. The Morgan fingerprint density at radius 2 is 2.05 bits per heavy atom. The average molecular weight is 266 g/mol. The van der Waals surface area contributed by atoms with Crippen LogP contribution in [0.3, 0.4) is 0 Å². The van der Waals surface area contributed by atoms with Gasteiger partial charge in [0.05, 0.1) is 18.8 Å². The molecule has 0 spiro atoms. The summed E-state index contributed by atoms with van der Waals surface area (Å²) >= 11 is 0. The molecule has 4 nitrogen and oxygen atoms in total. The SMILES string of the molecule is CC.COC(=O)C(C)n1cc(C)c2cncc(F)c21. The van der Waals surface area contributed by atoms with Gasteiger partial charge in [-0.15, -0.1) is 0 Å². The molecule has 0 aliphatic carbocycles. The number of fused-ring (bicyclic) bond motifs is 1. The number of halogens is 1. The van der Waals surface area contributed by atoms with Crippen LogP contribution < -0.4 is 0 Å². The van der Waals surface area contributed by atoms with Crippen LogP contribution in [0.2, 0.25) is 0 Å². The van der Waals surface area contributed by atoms with Crippen molar-refractivity contribution >= 4 is 16.9 Å². The number of ether oxygens (including phenoxy) is 1. The van der Waals surface area contributed by atoms with E-state index in [1.54, 1.807) is 23.9 Å². The van der Waals surface area contributed by atoms with Gasteiger partial charge in [-0.25, -0.2) is 9.18 Å². The van der Waals surface area contributed by atoms with E-state index in [0.29, 0.717) is 10.9 Å². The molecule has 0 saturated heterocycles. The van der Waals surface area contributed by atoms with Gasteiger partial charge in [0, 0.05) is 17.8 Å².